The van der Waals surface area contributed by atoms with Crippen molar-refractivity contribution in [2.75, 3.05) is 26.7 Å². The van der Waals surface area contributed by atoms with E-state index < -0.39 is 0 Å². The summed E-state index contributed by atoms with van der Waals surface area (Å²) >= 11 is 0. The van der Waals surface area contributed by atoms with Crippen molar-refractivity contribution in [3.63, 3.8) is 0 Å². The molecule has 0 aliphatic heterocycles. The van der Waals surface area contributed by atoms with Gasteiger partial charge in [-0.15, -0.1) is 0 Å². The molecule has 0 spiro atoms. The van der Waals surface area contributed by atoms with Gasteiger partial charge >= 0.3 is 0 Å². The molecule has 0 saturated heterocycles. The second-order valence-electron chi connectivity index (χ2n) is 4.26. The third-order valence-electron chi connectivity index (χ3n) is 2.52. The van der Waals surface area contributed by atoms with Crippen molar-refractivity contribution in [3.8, 4) is 5.75 Å². The van der Waals surface area contributed by atoms with Gasteiger partial charge in [0.05, 0.1) is 0 Å². The van der Waals surface area contributed by atoms with Crippen LogP contribution >= 0.6 is 0 Å². The van der Waals surface area contributed by atoms with E-state index in [2.05, 4.69) is 16.0 Å². The Hall–Kier alpha value is -2.08. The largest absolute Gasteiger partial charge is 0.483 e. The molecule has 0 heterocycles. The van der Waals surface area contributed by atoms with E-state index in [1.54, 1.807) is 0 Å². The number of para-hydroxylation sites is 1. The van der Waals surface area contributed by atoms with Crippen LogP contribution in [-0.2, 0) is 16.1 Å². The van der Waals surface area contributed by atoms with Crippen molar-refractivity contribution in [2.45, 2.75) is 13.5 Å². The number of hydrogen-bond donors (Lipinski definition) is 3. The van der Waals surface area contributed by atoms with Gasteiger partial charge < -0.3 is 20.7 Å². The molecule has 0 radical (unpaired) electrons. The second-order valence-corrected chi connectivity index (χ2v) is 4.26. The van der Waals surface area contributed by atoms with Gasteiger partial charge in [-0.1, -0.05) is 18.2 Å². The molecule has 1 aromatic rings. The highest BCUT2D eigenvalue weighted by molar-refractivity contribution is 5.77. The van der Waals surface area contributed by atoms with E-state index in [4.69, 9.17) is 4.74 Å². The zero-order valence-corrected chi connectivity index (χ0v) is 11.9. The van der Waals surface area contributed by atoms with E-state index >= 15 is 0 Å². The van der Waals surface area contributed by atoms with Crippen molar-refractivity contribution in [1.82, 2.24) is 16.0 Å². The summed E-state index contributed by atoms with van der Waals surface area (Å²) in [6, 6.07) is 7.56. The number of benzene rings is 1. The molecule has 0 aliphatic rings. The number of carbonyl (C=O) groups is 2. The van der Waals surface area contributed by atoms with Gasteiger partial charge in [-0.2, -0.15) is 0 Å². The van der Waals surface area contributed by atoms with Crippen LogP contribution in [0.3, 0.4) is 0 Å². The molecule has 3 N–H and O–H groups in total. The molecule has 0 unspecified atom stereocenters. The number of hydrogen-bond acceptors (Lipinski definition) is 4. The number of nitrogens with one attached hydrogen (secondary N) is 3. The van der Waals surface area contributed by atoms with Gasteiger partial charge in [0, 0.05) is 32.1 Å². The Morgan fingerprint density at radius 1 is 1.15 bits per heavy atom. The van der Waals surface area contributed by atoms with Gasteiger partial charge in [0.25, 0.3) is 5.91 Å². The summed E-state index contributed by atoms with van der Waals surface area (Å²) in [5.41, 5.74) is 1.00. The van der Waals surface area contributed by atoms with Gasteiger partial charge in [-0.25, -0.2) is 0 Å². The zero-order chi connectivity index (χ0) is 14.8. The first-order valence-electron chi connectivity index (χ1n) is 6.50. The van der Waals surface area contributed by atoms with E-state index in [9.17, 15) is 9.59 Å². The molecule has 6 nitrogen and oxygen atoms in total. The molecule has 0 aromatic heterocycles. The molecule has 0 bridgehead atoms. The van der Waals surface area contributed by atoms with Crippen molar-refractivity contribution < 1.29 is 14.3 Å². The minimum absolute atomic E-state index is 0.0409. The molecule has 2 amide bonds. The standard InChI is InChI=1S/C14H21N3O3/c1-11(18)16-7-8-17-14(19)10-20-13-6-4-3-5-12(13)9-15-2/h3-6,15H,7-10H2,1-2H3,(H,16,18)(H,17,19). The molecular weight excluding hydrogens is 258 g/mol. The summed E-state index contributed by atoms with van der Waals surface area (Å²) in [7, 11) is 1.85. The van der Waals surface area contributed by atoms with Crippen LogP contribution in [0.5, 0.6) is 5.75 Å². The van der Waals surface area contributed by atoms with Gasteiger partial charge in [0.1, 0.15) is 5.75 Å². The lowest BCUT2D eigenvalue weighted by Crippen LogP contribution is -2.36. The fraction of sp³-hybridized carbons (Fsp3) is 0.429. The Kier molecular flexibility index (Phi) is 7.13. The molecular formula is C14H21N3O3. The molecule has 0 aliphatic carbocycles. The average molecular weight is 279 g/mol. The predicted octanol–water partition coefficient (Wildman–Crippen LogP) is 0.0371. The Labute approximate surface area is 118 Å². The lowest BCUT2D eigenvalue weighted by molar-refractivity contribution is -0.123. The van der Waals surface area contributed by atoms with Crippen LogP contribution in [0.25, 0.3) is 0 Å². The maximum atomic E-state index is 11.6. The number of ether oxygens (including phenoxy) is 1. The summed E-state index contributed by atoms with van der Waals surface area (Å²) in [6.45, 7) is 2.88. The minimum Gasteiger partial charge on any atom is -0.483 e. The van der Waals surface area contributed by atoms with Gasteiger partial charge in [-0.3, -0.25) is 9.59 Å². The van der Waals surface area contributed by atoms with Crippen LogP contribution in [0.15, 0.2) is 24.3 Å². The van der Waals surface area contributed by atoms with E-state index in [1.807, 2.05) is 31.3 Å². The van der Waals surface area contributed by atoms with Gasteiger partial charge in [0.15, 0.2) is 6.61 Å². The van der Waals surface area contributed by atoms with Crippen molar-refractivity contribution >= 4 is 11.8 Å². The summed E-state index contributed by atoms with van der Waals surface area (Å²) in [6.07, 6.45) is 0. The van der Waals surface area contributed by atoms with Crippen molar-refractivity contribution in [3.05, 3.63) is 29.8 Å². The molecule has 1 aromatic carbocycles. The van der Waals surface area contributed by atoms with Crippen LogP contribution in [-0.4, -0.2) is 38.6 Å². The van der Waals surface area contributed by atoms with E-state index in [-0.39, 0.29) is 18.4 Å². The van der Waals surface area contributed by atoms with Crippen LogP contribution in [0, 0.1) is 0 Å². The molecule has 1 rings (SSSR count). The van der Waals surface area contributed by atoms with E-state index in [0.29, 0.717) is 25.4 Å². The predicted molar refractivity (Wildman–Crippen MR) is 76.4 cm³/mol. The molecule has 0 saturated carbocycles. The molecule has 6 heteroatoms. The third-order valence-corrected chi connectivity index (χ3v) is 2.52. The van der Waals surface area contributed by atoms with E-state index in [1.165, 1.54) is 6.92 Å². The van der Waals surface area contributed by atoms with Crippen LogP contribution in [0.4, 0.5) is 0 Å². The fourth-order valence-electron chi connectivity index (χ4n) is 1.62. The quantitative estimate of drug-likeness (QED) is 0.587. The molecule has 110 valence electrons. The first-order chi connectivity index (χ1) is 9.63. The van der Waals surface area contributed by atoms with Crippen LogP contribution in [0.1, 0.15) is 12.5 Å². The summed E-state index contributed by atoms with van der Waals surface area (Å²) in [4.78, 5) is 22.2. The smallest absolute Gasteiger partial charge is 0.258 e. The maximum Gasteiger partial charge on any atom is 0.258 e. The highest BCUT2D eigenvalue weighted by Crippen LogP contribution is 2.17. The summed E-state index contributed by atoms with van der Waals surface area (Å²) in [5.74, 6) is 0.366. The second kappa shape index (κ2) is 8.92. The average Bonchev–Trinajstić information content (AvgIpc) is 2.43. The number of amides is 2. The Morgan fingerprint density at radius 2 is 1.85 bits per heavy atom. The number of rotatable bonds is 8. The molecule has 20 heavy (non-hydrogen) atoms. The monoisotopic (exact) mass is 279 g/mol. The van der Waals surface area contributed by atoms with E-state index in [0.717, 1.165) is 5.56 Å². The lowest BCUT2D eigenvalue weighted by atomic mass is 10.2. The Bertz CT molecular complexity index is 449. The first kappa shape index (κ1) is 16.0. The van der Waals surface area contributed by atoms with Gasteiger partial charge in [-0.05, 0) is 13.1 Å². The Balaban J connectivity index is 2.32. The van der Waals surface area contributed by atoms with Crippen molar-refractivity contribution in [2.24, 2.45) is 0 Å². The van der Waals surface area contributed by atoms with Crippen molar-refractivity contribution in [1.29, 1.82) is 0 Å². The minimum atomic E-state index is -0.213. The Morgan fingerprint density at radius 3 is 2.55 bits per heavy atom. The van der Waals surface area contributed by atoms with Crippen LogP contribution < -0.4 is 20.7 Å². The van der Waals surface area contributed by atoms with Crippen LogP contribution in [0.2, 0.25) is 0 Å². The molecule has 0 fully saturated rings. The summed E-state index contributed by atoms with van der Waals surface area (Å²) < 4.78 is 5.49. The highest BCUT2D eigenvalue weighted by Gasteiger charge is 2.05. The zero-order valence-electron chi connectivity index (χ0n) is 11.9. The summed E-state index contributed by atoms with van der Waals surface area (Å²) in [5, 5.41) is 8.31. The lowest BCUT2D eigenvalue weighted by Gasteiger charge is -2.11. The highest BCUT2D eigenvalue weighted by atomic mass is 16.5. The topological polar surface area (TPSA) is 79.5 Å². The fourth-order valence-corrected chi connectivity index (χ4v) is 1.62. The van der Waals surface area contributed by atoms with Gasteiger partial charge in [0.2, 0.25) is 5.91 Å². The normalized spacial score (nSPS) is 9.90. The molecule has 0 atom stereocenters. The SMILES string of the molecule is CNCc1ccccc1OCC(=O)NCCNC(C)=O. The third kappa shape index (κ3) is 6.19. The maximum absolute atomic E-state index is 11.6. The first-order valence-corrected chi connectivity index (χ1v) is 6.50. The number of carbonyl (C=O) groups excluding carboxylic acids is 2.